The van der Waals surface area contributed by atoms with Crippen molar-refractivity contribution in [1.82, 2.24) is 25.3 Å². The highest BCUT2D eigenvalue weighted by Gasteiger charge is 2.89. The molecule has 6 spiro atoms. The van der Waals surface area contributed by atoms with Crippen LogP contribution in [-0.2, 0) is 67.4 Å². The maximum absolute atomic E-state index is 13.6. The first-order valence-electron chi connectivity index (χ1n) is 49.8. The summed E-state index contributed by atoms with van der Waals surface area (Å²) in [5.74, 6) is 9.13. The molecule has 0 unspecified atom stereocenters. The van der Waals surface area contributed by atoms with Crippen LogP contribution >= 0.6 is 0 Å². The van der Waals surface area contributed by atoms with Crippen LogP contribution in [0.4, 0.5) is 14.4 Å². The van der Waals surface area contributed by atoms with Crippen LogP contribution in [0.2, 0.25) is 0 Å². The third kappa shape index (κ3) is 12.4. The van der Waals surface area contributed by atoms with Gasteiger partial charge in [0.15, 0.2) is 0 Å². The molecule has 0 radical (unpaired) electrons. The summed E-state index contributed by atoms with van der Waals surface area (Å²) in [4.78, 5) is 97.0. The highest BCUT2D eigenvalue weighted by molar-refractivity contribution is 5.87. The number of benzene rings is 3. The van der Waals surface area contributed by atoms with Crippen LogP contribution in [0.25, 0.3) is 0 Å². The molecule has 12 aliphatic carbocycles. The highest BCUT2D eigenvalue weighted by atomic mass is 16.6. The second kappa shape index (κ2) is 30.3. The number of amides is 5. The summed E-state index contributed by atoms with van der Waals surface area (Å²) in [6.45, 7) is 33.4. The highest BCUT2D eigenvalue weighted by Crippen LogP contribution is 2.91. The molecule has 23 rings (SSSR count). The van der Waals surface area contributed by atoms with Crippen LogP contribution in [0.5, 0.6) is 0 Å². The Kier molecular flexibility index (Phi) is 21.0. The average Bonchev–Trinajstić information content (AvgIpc) is 1.47. The van der Waals surface area contributed by atoms with Gasteiger partial charge in [-0.15, -0.1) is 0 Å². The average molecular weight is 1710 g/mol. The molecule has 0 bridgehead atoms. The van der Waals surface area contributed by atoms with E-state index >= 15 is 0 Å². The lowest BCUT2D eigenvalue weighted by Gasteiger charge is -2.53. The van der Waals surface area contributed by atoms with Crippen molar-refractivity contribution in [2.45, 2.75) is 356 Å². The lowest BCUT2D eigenvalue weighted by atomic mass is 9.56. The largest absolute Gasteiger partial charge is 0.445 e. The van der Waals surface area contributed by atoms with Gasteiger partial charge in [0.25, 0.3) is 0 Å². The fraction of sp³-hybridized carbons (Fsp3) is 0.766. The Morgan fingerprint density at radius 3 is 1.08 bits per heavy atom. The molecule has 35 atom stereocenters. The molecule has 680 valence electrons. The molecule has 3 aromatic carbocycles. The van der Waals surface area contributed by atoms with Crippen LogP contribution in [0.15, 0.2) is 91.0 Å². The molecule has 18 nitrogen and oxygen atoms in total. The van der Waals surface area contributed by atoms with Gasteiger partial charge in [0.2, 0.25) is 11.8 Å². The van der Waals surface area contributed by atoms with E-state index in [1.807, 2.05) is 95.9 Å². The van der Waals surface area contributed by atoms with E-state index in [1.165, 1.54) is 51.4 Å². The van der Waals surface area contributed by atoms with E-state index in [0.29, 0.717) is 128 Å². The fourth-order valence-electron chi connectivity index (χ4n) is 36.5. The minimum Gasteiger partial charge on any atom is -0.445 e. The van der Waals surface area contributed by atoms with Crippen LogP contribution in [-0.4, -0.2) is 141 Å². The van der Waals surface area contributed by atoms with Gasteiger partial charge in [-0.05, 0) is 269 Å². The van der Waals surface area contributed by atoms with Crippen molar-refractivity contribution >= 4 is 41.7 Å². The lowest BCUT2D eigenvalue weighted by Crippen LogP contribution is -2.57. The van der Waals surface area contributed by atoms with E-state index in [9.17, 15) is 33.6 Å². The summed E-state index contributed by atoms with van der Waals surface area (Å²) < 4.78 is 39.8. The predicted molar refractivity (Wildman–Crippen MR) is 477 cm³/mol. The van der Waals surface area contributed by atoms with E-state index in [4.69, 9.17) is 28.4 Å². The minimum absolute atomic E-state index is 0. The Balaban J connectivity index is 0.000000118. The van der Waals surface area contributed by atoms with Gasteiger partial charge in [-0.1, -0.05) is 182 Å². The zero-order valence-electron chi connectivity index (χ0n) is 76.9. The number of ketones is 2. The quantitative estimate of drug-likeness (QED) is 0.191. The predicted octanol–water partition coefficient (Wildman–Crippen LogP) is 20.3. The number of fused-ring (bicyclic) bond motifs is 16. The number of hydrogen-bond donors (Lipinski definition) is 2. The maximum atomic E-state index is 13.6. The number of hydrogen-bond acceptors (Lipinski definition) is 13. The smallest absolute Gasteiger partial charge is 0.410 e. The summed E-state index contributed by atoms with van der Waals surface area (Å²) >= 11 is 0. The molecule has 20 aliphatic rings. The van der Waals surface area contributed by atoms with E-state index in [1.54, 1.807) is 6.92 Å². The van der Waals surface area contributed by atoms with Gasteiger partial charge in [0.1, 0.15) is 31.4 Å². The van der Waals surface area contributed by atoms with Gasteiger partial charge in [-0.2, -0.15) is 0 Å². The zero-order valence-corrected chi connectivity index (χ0v) is 76.9. The number of nitrogens with one attached hydrogen (secondary N) is 2. The molecule has 3 aromatic rings. The first kappa shape index (κ1) is 86.7. The maximum Gasteiger partial charge on any atom is 0.410 e. The SMILES string of the molecule is C.CC(=O)CC[C@@]1(C)C(=O)CC[C@H]2[C@@H]3CC[C@]4(O[C@@H]5C[C@H](C)CN(C(=O)OCc6ccccc6)[C@H]5[C@H]4C)[C@]4(C)C[C@]34C[C@@H]21.C[C@H]1C[C@H]2O[C@]3(CC[C@H]4[C@@H]5CC[C@@H]6NC(=O)CC[C@]6(C)[C@H]5C[C@@]45C[C@]53C)[C@H](C)[C@@H]2N(C(=O)OCc2ccccc2)C1.C[C@H]1C[C@H]2O[C@]3(CC[C@H]4[C@@H]5CC[C@H]6NC(=O)CC[C@]6(C)[C@H]5C[C@@]45C[C@]53C)[C@H](C)[C@@H]2N(C(=O)OCc2ccccc2)C1. The van der Waals surface area contributed by atoms with Crippen molar-refractivity contribution in [3.8, 4) is 0 Å². The molecule has 0 aromatic heterocycles. The van der Waals surface area contributed by atoms with Crippen molar-refractivity contribution < 1.29 is 62.0 Å². The molecule has 18 heteroatoms. The van der Waals surface area contributed by atoms with E-state index in [-0.39, 0.29) is 159 Å². The number of carbonyl (C=O) groups is 7. The fourth-order valence-corrected chi connectivity index (χ4v) is 36.5. The molecule has 20 fully saturated rings. The zero-order chi connectivity index (χ0) is 86.4. The molecule has 8 saturated heterocycles. The van der Waals surface area contributed by atoms with Crippen molar-refractivity contribution in [2.75, 3.05) is 19.6 Å². The molecule has 5 amide bonds. The van der Waals surface area contributed by atoms with Crippen molar-refractivity contribution in [3.63, 3.8) is 0 Å². The van der Waals surface area contributed by atoms with Gasteiger partial charge in [0, 0.05) is 96.8 Å². The second-order valence-electron chi connectivity index (χ2n) is 47.4. The monoisotopic (exact) mass is 1710 g/mol. The first-order chi connectivity index (χ1) is 59.2. The molecular formula is C107H149N5O13. The third-order valence-electron chi connectivity index (χ3n) is 42.5. The van der Waals surface area contributed by atoms with Gasteiger partial charge in [0.05, 0.1) is 53.2 Å². The van der Waals surface area contributed by atoms with Crippen LogP contribution in [0, 0.1) is 138 Å². The number of piperidine rings is 5. The van der Waals surface area contributed by atoms with Crippen molar-refractivity contribution in [3.05, 3.63) is 108 Å². The molecule has 8 heterocycles. The summed E-state index contributed by atoms with van der Waals surface area (Å²) in [6.07, 6.45) is 28.1. The van der Waals surface area contributed by atoms with Gasteiger partial charge in [-0.3, -0.25) is 14.4 Å². The van der Waals surface area contributed by atoms with Crippen LogP contribution in [0.1, 0.15) is 287 Å². The van der Waals surface area contributed by atoms with Gasteiger partial charge >= 0.3 is 18.3 Å². The minimum atomic E-state index is -0.387. The number of ether oxygens (including phenoxy) is 6. The van der Waals surface area contributed by atoms with E-state index in [2.05, 4.69) is 104 Å². The number of likely N-dealkylation sites (tertiary alicyclic amines) is 3. The topological polar surface area (TPSA) is 209 Å². The molecule has 2 N–H and O–H groups in total. The Bertz CT molecular complexity index is 4510. The Hall–Kier alpha value is -6.37. The number of nitrogens with zero attached hydrogens (tertiary/aromatic N) is 3. The van der Waals surface area contributed by atoms with Gasteiger partial charge in [-0.25, -0.2) is 14.4 Å². The summed E-state index contributed by atoms with van der Waals surface area (Å²) in [6, 6.07) is 30.8. The molecule has 12 saturated carbocycles. The van der Waals surface area contributed by atoms with Crippen molar-refractivity contribution in [1.29, 1.82) is 0 Å². The number of rotatable bonds is 9. The first-order valence-corrected chi connectivity index (χ1v) is 49.8. The van der Waals surface area contributed by atoms with Crippen molar-refractivity contribution in [2.24, 2.45) is 138 Å². The molecule has 8 aliphatic heterocycles. The Labute approximate surface area is 745 Å². The Morgan fingerprint density at radius 2 is 0.744 bits per heavy atom. The lowest BCUT2D eigenvalue weighted by molar-refractivity contribution is -0.148. The van der Waals surface area contributed by atoms with Crippen LogP contribution in [0.3, 0.4) is 0 Å². The summed E-state index contributed by atoms with van der Waals surface area (Å²) in [5, 5.41) is 6.81. The van der Waals surface area contributed by atoms with Gasteiger partial charge < -0.3 is 58.5 Å². The van der Waals surface area contributed by atoms with E-state index in [0.717, 1.165) is 143 Å². The standard InChI is InChI=1S/C36H49NO5.2C35H48N2O4.CH4/c1-22-17-29-31(37(19-22)32(40)41-20-25-9-7-6-8-10-25)24(3)36(42-29)16-14-27-26-11-12-30(39)33(4,15-13-23(2)38)28(26)18-35(27)21-34(35,36)5;2*1-21-16-27-30(37(18-21)31(39)40-19-23-8-6-5-7-9-23)22(2)35(41-27)15-12-25-24-10-11-28-32(3,14-13-29(38)36-28)26(24)17-34(25)20-33(34,35)4;/h6-10,22,24,26-29,31H,11-21H2,1-5H3;2*5-9,21-22,24-28,30H,10-20H2,1-4H3,(H,36,38);1H4/t22-,24+,26-,27-,28-,29+,31-,33+,34+,35+,36+;21-,22+,24-,25-,26-,27+,28+,30-,32+,33+,34+,35+;21-,22+,24-,25-,26-,27+,28-,30-,32+,33+,34+,35+;/m000./s1. The Morgan fingerprint density at radius 1 is 0.416 bits per heavy atom. The number of Topliss-reactive ketones (excluding diaryl/α,β-unsaturated/α-hetero) is 2. The summed E-state index contributed by atoms with van der Waals surface area (Å²) in [7, 11) is 0. The van der Waals surface area contributed by atoms with E-state index < -0.39 is 0 Å². The number of carbonyl (C=O) groups excluding carboxylic acids is 7. The third-order valence-corrected chi connectivity index (χ3v) is 42.5. The normalized spacial score (nSPS) is 49.3. The second-order valence-corrected chi connectivity index (χ2v) is 47.4. The molecule has 125 heavy (non-hydrogen) atoms. The summed E-state index contributed by atoms with van der Waals surface area (Å²) in [5.41, 5.74) is 3.79. The molecular weight excluding hydrogens is 1560 g/mol. The van der Waals surface area contributed by atoms with Crippen LogP contribution < -0.4 is 10.6 Å².